The maximum Gasteiger partial charge on any atom is 0.343 e. The minimum absolute atomic E-state index is 0.330. The summed E-state index contributed by atoms with van der Waals surface area (Å²) in [5.41, 5.74) is 3.43. The van der Waals surface area contributed by atoms with E-state index in [2.05, 4.69) is 13.8 Å². The summed E-state index contributed by atoms with van der Waals surface area (Å²) in [4.78, 5) is 25.2. The van der Waals surface area contributed by atoms with Crippen LogP contribution in [0.5, 0.6) is 11.5 Å². The second-order valence-corrected chi connectivity index (χ2v) is 9.27. The van der Waals surface area contributed by atoms with E-state index >= 15 is 0 Å². The van der Waals surface area contributed by atoms with Crippen molar-refractivity contribution in [1.29, 1.82) is 0 Å². The lowest BCUT2D eigenvalue weighted by atomic mass is 10.0. The van der Waals surface area contributed by atoms with Crippen LogP contribution in [0.15, 0.2) is 72.8 Å². The Kier molecular flexibility index (Phi) is 11.2. The van der Waals surface area contributed by atoms with Gasteiger partial charge in [-0.25, -0.2) is 9.59 Å². The molecule has 0 fully saturated rings. The van der Waals surface area contributed by atoms with E-state index in [1.807, 2.05) is 24.3 Å². The van der Waals surface area contributed by atoms with Crippen LogP contribution in [0, 0.1) is 0 Å². The van der Waals surface area contributed by atoms with Gasteiger partial charge in [-0.15, -0.1) is 0 Å². The number of carbonyl (C=O) groups excluding carboxylic acids is 2. The summed E-state index contributed by atoms with van der Waals surface area (Å²) < 4.78 is 11.0. The van der Waals surface area contributed by atoms with Crippen molar-refractivity contribution in [2.24, 2.45) is 0 Å². The van der Waals surface area contributed by atoms with Gasteiger partial charge in [0.1, 0.15) is 11.5 Å². The number of unbranched alkanes of at least 4 members (excludes halogenated alkanes) is 6. The van der Waals surface area contributed by atoms with E-state index in [1.165, 1.54) is 49.7 Å². The molecule has 3 aromatic rings. The molecule has 0 saturated heterocycles. The first-order chi connectivity index (χ1) is 17.6. The van der Waals surface area contributed by atoms with E-state index in [4.69, 9.17) is 9.47 Å². The van der Waals surface area contributed by atoms with Crippen LogP contribution in [-0.2, 0) is 12.8 Å². The van der Waals surface area contributed by atoms with Crippen molar-refractivity contribution < 1.29 is 19.1 Å². The maximum atomic E-state index is 12.6. The standard InChI is InChI=1S/C32H38O4/c1-3-5-7-9-12-25-16-20-27(21-17-25)31(33)35-29-14-11-15-30(24-29)36-32(34)28-22-18-26(19-23-28)13-10-8-6-4-2/h11,14-24H,3-10,12-13H2,1-2H3. The summed E-state index contributed by atoms with van der Waals surface area (Å²) in [6.07, 6.45) is 11.8. The van der Waals surface area contributed by atoms with Crippen LogP contribution in [0.1, 0.15) is 97.1 Å². The number of rotatable bonds is 14. The number of hydrogen-bond acceptors (Lipinski definition) is 4. The lowest BCUT2D eigenvalue weighted by molar-refractivity contribution is 0.0733. The highest BCUT2D eigenvalue weighted by atomic mass is 16.5. The molecule has 0 aliphatic rings. The number of esters is 2. The zero-order chi connectivity index (χ0) is 25.6. The number of ether oxygens (including phenoxy) is 2. The number of aryl methyl sites for hydroxylation is 2. The van der Waals surface area contributed by atoms with Gasteiger partial charge in [-0.1, -0.05) is 82.7 Å². The molecule has 0 unspecified atom stereocenters. The molecule has 0 aromatic heterocycles. The summed E-state index contributed by atoms with van der Waals surface area (Å²) >= 11 is 0. The fraction of sp³-hybridized carbons (Fsp3) is 0.375. The average Bonchev–Trinajstić information content (AvgIpc) is 2.90. The Labute approximate surface area is 215 Å². The fourth-order valence-corrected chi connectivity index (χ4v) is 4.06. The van der Waals surface area contributed by atoms with Crippen molar-refractivity contribution in [2.75, 3.05) is 0 Å². The van der Waals surface area contributed by atoms with Crippen molar-refractivity contribution in [3.05, 3.63) is 95.1 Å². The van der Waals surface area contributed by atoms with Crippen LogP contribution in [0.25, 0.3) is 0 Å². The summed E-state index contributed by atoms with van der Waals surface area (Å²) in [6.45, 7) is 4.41. The van der Waals surface area contributed by atoms with Crippen LogP contribution >= 0.6 is 0 Å². The van der Waals surface area contributed by atoms with E-state index in [1.54, 1.807) is 48.5 Å². The third kappa shape index (κ3) is 8.99. The lowest BCUT2D eigenvalue weighted by Gasteiger charge is -2.09. The van der Waals surface area contributed by atoms with Gasteiger partial charge in [-0.3, -0.25) is 0 Å². The van der Waals surface area contributed by atoms with E-state index in [0.717, 1.165) is 25.7 Å². The maximum absolute atomic E-state index is 12.6. The summed E-state index contributed by atoms with van der Waals surface area (Å²) in [5.74, 6) is -0.219. The highest BCUT2D eigenvalue weighted by Gasteiger charge is 2.12. The predicted octanol–water partition coefficient (Wildman–Crippen LogP) is 8.37. The average molecular weight is 487 g/mol. The lowest BCUT2D eigenvalue weighted by Crippen LogP contribution is -2.10. The van der Waals surface area contributed by atoms with Crippen LogP contribution in [0.2, 0.25) is 0 Å². The highest BCUT2D eigenvalue weighted by molar-refractivity contribution is 5.92. The van der Waals surface area contributed by atoms with Crippen LogP contribution < -0.4 is 9.47 Å². The van der Waals surface area contributed by atoms with Crippen molar-refractivity contribution in [3.8, 4) is 11.5 Å². The van der Waals surface area contributed by atoms with Gasteiger partial charge < -0.3 is 9.47 Å². The molecule has 0 saturated carbocycles. The first kappa shape index (κ1) is 27.2. The molecular weight excluding hydrogens is 448 g/mol. The Morgan fingerprint density at radius 3 is 1.36 bits per heavy atom. The minimum atomic E-state index is -0.439. The summed E-state index contributed by atoms with van der Waals surface area (Å²) in [5, 5.41) is 0. The molecule has 190 valence electrons. The van der Waals surface area contributed by atoms with Gasteiger partial charge in [0, 0.05) is 6.07 Å². The fourth-order valence-electron chi connectivity index (χ4n) is 4.06. The van der Waals surface area contributed by atoms with Crippen molar-refractivity contribution >= 4 is 11.9 Å². The Hall–Kier alpha value is -3.40. The van der Waals surface area contributed by atoms with Gasteiger partial charge in [0.2, 0.25) is 0 Å². The van der Waals surface area contributed by atoms with Gasteiger partial charge in [-0.05, 0) is 73.2 Å². The zero-order valence-electron chi connectivity index (χ0n) is 21.6. The number of benzene rings is 3. The second kappa shape index (κ2) is 14.9. The molecule has 0 heterocycles. The quantitative estimate of drug-likeness (QED) is 0.130. The zero-order valence-corrected chi connectivity index (χ0v) is 21.6. The SMILES string of the molecule is CCCCCCc1ccc(C(=O)Oc2cccc(OC(=O)c3ccc(CCCCCC)cc3)c2)cc1. The Morgan fingerprint density at radius 1 is 0.556 bits per heavy atom. The van der Waals surface area contributed by atoms with Crippen molar-refractivity contribution in [2.45, 2.75) is 78.1 Å². The first-order valence-corrected chi connectivity index (χ1v) is 13.3. The normalized spacial score (nSPS) is 10.7. The molecule has 0 radical (unpaired) electrons. The molecule has 3 aromatic carbocycles. The Bertz CT molecular complexity index is 999. The molecule has 0 spiro atoms. The van der Waals surface area contributed by atoms with Gasteiger partial charge in [0.15, 0.2) is 0 Å². The molecule has 4 heteroatoms. The van der Waals surface area contributed by atoms with E-state index in [-0.39, 0.29) is 0 Å². The highest BCUT2D eigenvalue weighted by Crippen LogP contribution is 2.22. The Morgan fingerprint density at radius 2 is 0.972 bits per heavy atom. The molecule has 0 aliphatic heterocycles. The monoisotopic (exact) mass is 486 g/mol. The van der Waals surface area contributed by atoms with Gasteiger partial charge in [0.05, 0.1) is 11.1 Å². The van der Waals surface area contributed by atoms with Crippen LogP contribution in [0.3, 0.4) is 0 Å². The molecule has 3 rings (SSSR count). The molecule has 0 aliphatic carbocycles. The molecule has 0 amide bonds. The van der Waals surface area contributed by atoms with Crippen molar-refractivity contribution in [3.63, 3.8) is 0 Å². The number of carbonyl (C=O) groups is 2. The smallest absolute Gasteiger partial charge is 0.343 e. The largest absolute Gasteiger partial charge is 0.423 e. The van der Waals surface area contributed by atoms with E-state index in [0.29, 0.717) is 22.6 Å². The minimum Gasteiger partial charge on any atom is -0.423 e. The van der Waals surface area contributed by atoms with Crippen molar-refractivity contribution in [1.82, 2.24) is 0 Å². The molecule has 36 heavy (non-hydrogen) atoms. The Balaban J connectivity index is 1.52. The molecular formula is C32H38O4. The first-order valence-electron chi connectivity index (χ1n) is 13.3. The summed E-state index contributed by atoms with van der Waals surface area (Å²) in [7, 11) is 0. The molecule has 0 N–H and O–H groups in total. The van der Waals surface area contributed by atoms with Crippen LogP contribution in [-0.4, -0.2) is 11.9 Å². The third-order valence-electron chi connectivity index (χ3n) is 6.24. The summed E-state index contributed by atoms with van der Waals surface area (Å²) in [6, 6.07) is 21.7. The number of hydrogen-bond donors (Lipinski definition) is 0. The van der Waals surface area contributed by atoms with Gasteiger partial charge in [-0.2, -0.15) is 0 Å². The van der Waals surface area contributed by atoms with E-state index in [9.17, 15) is 9.59 Å². The molecule has 0 bridgehead atoms. The third-order valence-corrected chi connectivity index (χ3v) is 6.24. The van der Waals surface area contributed by atoms with Gasteiger partial charge >= 0.3 is 11.9 Å². The topological polar surface area (TPSA) is 52.6 Å². The molecule has 4 nitrogen and oxygen atoms in total. The predicted molar refractivity (Wildman–Crippen MR) is 145 cm³/mol. The van der Waals surface area contributed by atoms with Crippen LogP contribution in [0.4, 0.5) is 0 Å². The van der Waals surface area contributed by atoms with Gasteiger partial charge in [0.25, 0.3) is 0 Å². The van der Waals surface area contributed by atoms with E-state index < -0.39 is 11.9 Å². The molecule has 0 atom stereocenters. The second-order valence-electron chi connectivity index (χ2n) is 9.27.